The third-order valence-electron chi connectivity index (χ3n) is 1.35. The molecule has 0 saturated carbocycles. The summed E-state index contributed by atoms with van der Waals surface area (Å²) in [7, 11) is -3.62. The van der Waals surface area contributed by atoms with E-state index in [2.05, 4.69) is 4.18 Å². The summed E-state index contributed by atoms with van der Waals surface area (Å²) in [4.78, 5) is 0. The molecule has 3 nitrogen and oxygen atoms in total. The summed E-state index contributed by atoms with van der Waals surface area (Å²) in [5.74, 6) is 0.292. The van der Waals surface area contributed by atoms with Gasteiger partial charge in [0.2, 0.25) is 0 Å². The van der Waals surface area contributed by atoms with Crippen molar-refractivity contribution in [3.63, 3.8) is 0 Å². The average Bonchev–Trinajstić information content (AvgIpc) is 2.03. The maximum atomic E-state index is 10.9. The van der Waals surface area contributed by atoms with E-state index >= 15 is 0 Å². The highest BCUT2D eigenvalue weighted by atomic mass is 35.5. The van der Waals surface area contributed by atoms with Gasteiger partial charge in [0, 0.05) is 0 Å². The number of halogens is 1. The Labute approximate surface area is 82.4 Å². The van der Waals surface area contributed by atoms with Crippen molar-refractivity contribution < 1.29 is 12.6 Å². The Balaban J connectivity index is 2.87. The lowest BCUT2D eigenvalue weighted by atomic mass is 10.2. The molecular weight excluding hydrogens is 212 g/mol. The Kier molecular flexibility index (Phi) is 3.17. The topological polar surface area (TPSA) is 43.4 Å². The van der Waals surface area contributed by atoms with Crippen molar-refractivity contribution in [3.05, 3.63) is 29.8 Å². The van der Waals surface area contributed by atoms with Crippen LogP contribution in [0.4, 0.5) is 0 Å². The lowest BCUT2D eigenvalue weighted by molar-refractivity contribution is 0.491. The maximum absolute atomic E-state index is 10.9. The van der Waals surface area contributed by atoms with Crippen LogP contribution in [0.3, 0.4) is 0 Å². The highest BCUT2D eigenvalue weighted by molar-refractivity contribution is 7.88. The van der Waals surface area contributed by atoms with Crippen LogP contribution in [0.2, 0.25) is 0 Å². The summed E-state index contributed by atoms with van der Waals surface area (Å²) in [6.07, 6.45) is 0. The van der Waals surface area contributed by atoms with E-state index in [1.54, 1.807) is 18.2 Å². The van der Waals surface area contributed by atoms with Crippen LogP contribution in [-0.4, -0.2) is 13.6 Å². The molecule has 0 aromatic heterocycles. The first-order valence-electron chi connectivity index (χ1n) is 3.58. The molecule has 0 aliphatic heterocycles. The van der Waals surface area contributed by atoms with E-state index in [1.165, 1.54) is 0 Å². The van der Waals surface area contributed by atoms with Crippen molar-refractivity contribution in [3.8, 4) is 5.75 Å². The third kappa shape index (κ3) is 3.24. The minimum atomic E-state index is -3.62. The zero-order chi connectivity index (χ0) is 9.90. The fourth-order valence-electron chi connectivity index (χ4n) is 0.836. The van der Waals surface area contributed by atoms with Gasteiger partial charge in [0.05, 0.1) is 0 Å². The van der Waals surface area contributed by atoms with Gasteiger partial charge < -0.3 is 4.18 Å². The van der Waals surface area contributed by atoms with Crippen LogP contribution >= 0.6 is 11.6 Å². The number of hydrogen-bond donors (Lipinski definition) is 0. The fraction of sp³-hybridized carbons (Fsp3) is 0.250. The minimum Gasteiger partial charge on any atom is -0.382 e. The van der Waals surface area contributed by atoms with Crippen LogP contribution in [0.25, 0.3) is 0 Å². The molecule has 0 heterocycles. The van der Waals surface area contributed by atoms with Crippen LogP contribution < -0.4 is 4.18 Å². The largest absolute Gasteiger partial charge is 0.382 e. The Hall–Kier alpha value is -0.740. The Morgan fingerprint density at radius 2 is 2.15 bits per heavy atom. The van der Waals surface area contributed by atoms with Gasteiger partial charge in [-0.15, -0.1) is 11.6 Å². The quantitative estimate of drug-likeness (QED) is 0.577. The standard InChI is InChI=1S/C8H9ClO3S/c1-7-3-2-4-8(5-7)12-13(10,11)6-9/h2-5H,6H2,1H3. The van der Waals surface area contributed by atoms with E-state index in [0.717, 1.165) is 5.56 Å². The molecule has 0 aliphatic rings. The minimum absolute atomic E-state index is 0.292. The van der Waals surface area contributed by atoms with Gasteiger partial charge in [0.25, 0.3) is 0 Å². The van der Waals surface area contributed by atoms with Crippen molar-refractivity contribution in [2.45, 2.75) is 6.92 Å². The summed E-state index contributed by atoms with van der Waals surface area (Å²) in [5, 5.41) is -0.541. The van der Waals surface area contributed by atoms with E-state index in [1.807, 2.05) is 13.0 Å². The molecule has 13 heavy (non-hydrogen) atoms. The zero-order valence-electron chi connectivity index (χ0n) is 7.03. The third-order valence-corrected chi connectivity index (χ3v) is 2.86. The second-order valence-corrected chi connectivity index (χ2v) is 4.72. The van der Waals surface area contributed by atoms with Crippen LogP contribution in [-0.2, 0) is 10.1 Å². The van der Waals surface area contributed by atoms with Crippen LogP contribution in [0.15, 0.2) is 24.3 Å². The number of aryl methyl sites for hydroxylation is 1. The second kappa shape index (κ2) is 3.98. The molecule has 0 atom stereocenters. The molecule has 1 aromatic rings. The van der Waals surface area contributed by atoms with Crippen LogP contribution in [0.1, 0.15) is 5.56 Å². The van der Waals surface area contributed by atoms with Crippen LogP contribution in [0, 0.1) is 6.92 Å². The summed E-state index contributed by atoms with van der Waals surface area (Å²) in [6.45, 7) is 1.85. The molecule has 1 rings (SSSR count). The molecule has 5 heteroatoms. The van der Waals surface area contributed by atoms with E-state index in [9.17, 15) is 8.42 Å². The van der Waals surface area contributed by atoms with Gasteiger partial charge in [-0.25, -0.2) is 0 Å². The van der Waals surface area contributed by atoms with Crippen molar-refractivity contribution in [2.75, 3.05) is 5.21 Å². The zero-order valence-corrected chi connectivity index (χ0v) is 8.60. The fourth-order valence-corrected chi connectivity index (χ4v) is 1.41. The van der Waals surface area contributed by atoms with Gasteiger partial charge in [0.15, 0.2) is 5.21 Å². The van der Waals surface area contributed by atoms with E-state index in [-0.39, 0.29) is 0 Å². The highest BCUT2D eigenvalue weighted by Gasteiger charge is 2.09. The van der Waals surface area contributed by atoms with Gasteiger partial charge in [-0.1, -0.05) is 12.1 Å². The molecule has 0 fully saturated rings. The average molecular weight is 221 g/mol. The molecule has 1 aromatic carbocycles. The molecule has 0 amide bonds. The molecule has 0 spiro atoms. The summed E-state index contributed by atoms with van der Waals surface area (Å²) in [6, 6.07) is 6.76. The maximum Gasteiger partial charge on any atom is 0.323 e. The van der Waals surface area contributed by atoms with Crippen molar-refractivity contribution in [2.24, 2.45) is 0 Å². The Bertz CT molecular complexity index is 386. The molecule has 0 N–H and O–H groups in total. The first kappa shape index (κ1) is 10.3. The summed E-state index contributed by atoms with van der Waals surface area (Å²) in [5.41, 5.74) is 0.933. The smallest absolute Gasteiger partial charge is 0.323 e. The van der Waals surface area contributed by atoms with Gasteiger partial charge in [-0.05, 0) is 24.6 Å². The Morgan fingerprint density at radius 1 is 1.46 bits per heavy atom. The number of benzene rings is 1. The lowest BCUT2D eigenvalue weighted by Crippen LogP contribution is -2.09. The van der Waals surface area contributed by atoms with Gasteiger partial charge >= 0.3 is 10.1 Å². The highest BCUT2D eigenvalue weighted by Crippen LogP contribution is 2.15. The van der Waals surface area contributed by atoms with Crippen molar-refractivity contribution in [1.82, 2.24) is 0 Å². The normalized spacial score (nSPS) is 11.2. The molecule has 0 saturated heterocycles. The first-order valence-corrected chi connectivity index (χ1v) is 5.69. The Morgan fingerprint density at radius 3 is 2.69 bits per heavy atom. The molecule has 0 aliphatic carbocycles. The molecule has 0 radical (unpaired) electrons. The van der Waals surface area contributed by atoms with Crippen molar-refractivity contribution in [1.29, 1.82) is 0 Å². The molecule has 0 unspecified atom stereocenters. The van der Waals surface area contributed by atoms with E-state index < -0.39 is 15.3 Å². The van der Waals surface area contributed by atoms with E-state index in [0.29, 0.717) is 5.75 Å². The number of alkyl halides is 1. The SMILES string of the molecule is Cc1cccc(OS(=O)(=O)CCl)c1. The monoisotopic (exact) mass is 220 g/mol. The summed E-state index contributed by atoms with van der Waals surface area (Å²) < 4.78 is 26.5. The first-order chi connectivity index (χ1) is 6.03. The summed E-state index contributed by atoms with van der Waals surface area (Å²) >= 11 is 5.17. The van der Waals surface area contributed by atoms with Gasteiger partial charge in [-0.2, -0.15) is 8.42 Å². The predicted molar refractivity (Wildman–Crippen MR) is 51.4 cm³/mol. The number of rotatable bonds is 3. The van der Waals surface area contributed by atoms with Gasteiger partial charge in [0.1, 0.15) is 5.75 Å². The van der Waals surface area contributed by atoms with Crippen molar-refractivity contribution >= 4 is 21.7 Å². The van der Waals surface area contributed by atoms with Crippen LogP contribution in [0.5, 0.6) is 5.75 Å². The molecule has 0 bridgehead atoms. The van der Waals surface area contributed by atoms with E-state index in [4.69, 9.17) is 11.6 Å². The number of hydrogen-bond acceptors (Lipinski definition) is 3. The second-order valence-electron chi connectivity index (χ2n) is 2.57. The molecule has 72 valence electrons. The van der Waals surface area contributed by atoms with Gasteiger partial charge in [-0.3, -0.25) is 0 Å². The predicted octanol–water partition coefficient (Wildman–Crippen LogP) is 1.90. The molecular formula is C8H9ClO3S. The lowest BCUT2D eigenvalue weighted by Gasteiger charge is -2.03.